The van der Waals surface area contributed by atoms with Crippen molar-refractivity contribution in [3.05, 3.63) is 54.6 Å². The van der Waals surface area contributed by atoms with Gasteiger partial charge in [0, 0.05) is 0 Å². The Balaban J connectivity index is 2.51. The number of hydrogen-bond acceptors (Lipinski definition) is 1. The zero-order chi connectivity index (χ0) is 11.5. The van der Waals surface area contributed by atoms with Crippen molar-refractivity contribution in [1.29, 1.82) is 0 Å². The molecule has 2 rings (SSSR count). The largest absolute Gasteiger partial charge is 0.497 e. The van der Waals surface area contributed by atoms with Crippen LogP contribution in [0.2, 0.25) is 0 Å². The van der Waals surface area contributed by atoms with Gasteiger partial charge in [0.15, 0.2) is 0 Å². The molecule has 0 amide bonds. The van der Waals surface area contributed by atoms with Crippen molar-refractivity contribution >= 4 is 10.8 Å². The summed E-state index contributed by atoms with van der Waals surface area (Å²) in [5.74, 6) is 1.29. The van der Waals surface area contributed by atoms with Crippen LogP contribution in [0.15, 0.2) is 49.1 Å². The molecule has 0 aliphatic heterocycles. The number of allylic oxidation sites excluding steroid dienone is 1. The molecule has 0 fully saturated rings. The maximum absolute atomic E-state index is 5.20. The lowest BCUT2D eigenvalue weighted by Crippen LogP contribution is -1.88. The minimum Gasteiger partial charge on any atom is -0.497 e. The van der Waals surface area contributed by atoms with Crippen LogP contribution < -0.4 is 4.74 Å². The van der Waals surface area contributed by atoms with Gasteiger partial charge in [-0.25, -0.2) is 0 Å². The molecular weight excluding hydrogens is 196 g/mol. The summed E-state index contributed by atoms with van der Waals surface area (Å²) < 4.78 is 5.20. The van der Waals surface area contributed by atoms with Crippen LogP contribution in [-0.2, 0) is 0 Å². The fraction of sp³-hybridized carbons (Fsp3) is 0.200. The van der Waals surface area contributed by atoms with E-state index in [9.17, 15) is 0 Å². The quantitative estimate of drug-likeness (QED) is 0.695. The van der Waals surface area contributed by atoms with Gasteiger partial charge < -0.3 is 4.74 Å². The van der Waals surface area contributed by atoms with Crippen molar-refractivity contribution in [2.75, 3.05) is 7.11 Å². The summed E-state index contributed by atoms with van der Waals surface area (Å²) in [4.78, 5) is 0. The van der Waals surface area contributed by atoms with E-state index in [1.807, 2.05) is 12.1 Å². The molecule has 82 valence electrons. The Bertz CT molecular complexity index is 514. The maximum atomic E-state index is 5.20. The fourth-order valence-corrected chi connectivity index (χ4v) is 1.79. The third-order valence-electron chi connectivity index (χ3n) is 2.95. The second kappa shape index (κ2) is 4.40. The van der Waals surface area contributed by atoms with E-state index in [1.54, 1.807) is 7.11 Å². The third kappa shape index (κ3) is 1.94. The molecule has 0 bridgehead atoms. The standard InChI is InChI=1S/C15H16O/c1-4-11(2)12-5-6-14-10-15(16-3)8-7-13(14)9-12/h4-11H,1H2,2-3H3/t11-/m0/s1. The maximum Gasteiger partial charge on any atom is 0.119 e. The van der Waals surface area contributed by atoms with Crippen LogP contribution in [0, 0.1) is 0 Å². The van der Waals surface area contributed by atoms with E-state index >= 15 is 0 Å². The molecule has 2 aromatic rings. The first-order valence-corrected chi connectivity index (χ1v) is 5.45. The van der Waals surface area contributed by atoms with Crippen molar-refractivity contribution in [1.82, 2.24) is 0 Å². The van der Waals surface area contributed by atoms with Gasteiger partial charge in [-0.3, -0.25) is 0 Å². The summed E-state index contributed by atoms with van der Waals surface area (Å²) in [6.07, 6.45) is 1.96. The fourth-order valence-electron chi connectivity index (χ4n) is 1.79. The summed E-state index contributed by atoms with van der Waals surface area (Å²) in [7, 11) is 1.69. The van der Waals surface area contributed by atoms with E-state index in [0.29, 0.717) is 5.92 Å². The van der Waals surface area contributed by atoms with Crippen LogP contribution in [0.4, 0.5) is 0 Å². The summed E-state index contributed by atoms with van der Waals surface area (Å²) >= 11 is 0. The molecule has 0 aliphatic rings. The molecule has 1 atom stereocenters. The monoisotopic (exact) mass is 212 g/mol. The summed E-state index contributed by atoms with van der Waals surface area (Å²) in [6, 6.07) is 12.6. The van der Waals surface area contributed by atoms with E-state index < -0.39 is 0 Å². The van der Waals surface area contributed by atoms with E-state index in [4.69, 9.17) is 4.74 Å². The zero-order valence-electron chi connectivity index (χ0n) is 9.73. The number of fused-ring (bicyclic) bond motifs is 1. The second-order valence-electron chi connectivity index (χ2n) is 4.00. The molecule has 0 aliphatic carbocycles. The minimum atomic E-state index is 0.395. The molecule has 0 saturated heterocycles. The van der Waals surface area contributed by atoms with Crippen molar-refractivity contribution < 1.29 is 4.74 Å². The molecule has 2 aromatic carbocycles. The number of hydrogen-bond donors (Lipinski definition) is 0. The number of methoxy groups -OCH3 is 1. The first-order valence-electron chi connectivity index (χ1n) is 5.45. The van der Waals surface area contributed by atoms with Crippen molar-refractivity contribution in [3.63, 3.8) is 0 Å². The Morgan fingerprint density at radius 2 is 1.81 bits per heavy atom. The van der Waals surface area contributed by atoms with Crippen LogP contribution >= 0.6 is 0 Å². The minimum absolute atomic E-state index is 0.395. The van der Waals surface area contributed by atoms with Crippen molar-refractivity contribution in [2.45, 2.75) is 12.8 Å². The van der Waals surface area contributed by atoms with Gasteiger partial charge in [0.2, 0.25) is 0 Å². The first-order chi connectivity index (χ1) is 7.74. The SMILES string of the molecule is C=C[C@H](C)c1ccc2cc(OC)ccc2c1. The van der Waals surface area contributed by atoms with Crippen LogP contribution in [0.5, 0.6) is 5.75 Å². The molecule has 0 radical (unpaired) electrons. The predicted molar refractivity (Wildman–Crippen MR) is 69.1 cm³/mol. The molecule has 0 unspecified atom stereocenters. The van der Waals surface area contributed by atoms with Gasteiger partial charge >= 0.3 is 0 Å². The van der Waals surface area contributed by atoms with Gasteiger partial charge in [-0.1, -0.05) is 37.3 Å². The summed E-state index contributed by atoms with van der Waals surface area (Å²) in [5, 5.41) is 2.45. The van der Waals surface area contributed by atoms with Gasteiger partial charge in [0.25, 0.3) is 0 Å². The van der Waals surface area contributed by atoms with Gasteiger partial charge in [-0.15, -0.1) is 6.58 Å². The molecule has 1 heteroatoms. The molecular formula is C15H16O. The smallest absolute Gasteiger partial charge is 0.119 e. The van der Waals surface area contributed by atoms with Gasteiger partial charge in [0.1, 0.15) is 5.75 Å². The highest BCUT2D eigenvalue weighted by Crippen LogP contribution is 2.25. The van der Waals surface area contributed by atoms with E-state index in [2.05, 4.69) is 43.8 Å². The van der Waals surface area contributed by atoms with E-state index in [1.165, 1.54) is 16.3 Å². The lowest BCUT2D eigenvalue weighted by atomic mass is 9.98. The molecule has 16 heavy (non-hydrogen) atoms. The topological polar surface area (TPSA) is 9.23 Å². The average molecular weight is 212 g/mol. The molecule has 1 nitrogen and oxygen atoms in total. The molecule has 0 aromatic heterocycles. The van der Waals surface area contributed by atoms with Gasteiger partial charge in [-0.2, -0.15) is 0 Å². The summed E-state index contributed by atoms with van der Waals surface area (Å²) in [5.41, 5.74) is 1.30. The number of ether oxygens (including phenoxy) is 1. The van der Waals surface area contributed by atoms with Crippen molar-refractivity contribution in [3.8, 4) is 5.75 Å². The zero-order valence-corrected chi connectivity index (χ0v) is 9.73. The van der Waals surface area contributed by atoms with Crippen molar-refractivity contribution in [2.24, 2.45) is 0 Å². The highest BCUT2D eigenvalue weighted by atomic mass is 16.5. The van der Waals surface area contributed by atoms with E-state index in [0.717, 1.165) is 5.75 Å². The molecule has 0 heterocycles. The average Bonchev–Trinajstić information content (AvgIpc) is 2.36. The third-order valence-corrected chi connectivity index (χ3v) is 2.95. The number of benzene rings is 2. The Hall–Kier alpha value is -1.76. The Morgan fingerprint density at radius 1 is 1.12 bits per heavy atom. The lowest BCUT2D eigenvalue weighted by molar-refractivity contribution is 0.415. The Morgan fingerprint density at radius 3 is 2.50 bits per heavy atom. The highest BCUT2D eigenvalue weighted by Gasteiger charge is 2.02. The van der Waals surface area contributed by atoms with Crippen LogP contribution in [-0.4, -0.2) is 7.11 Å². The lowest BCUT2D eigenvalue weighted by Gasteiger charge is -2.08. The van der Waals surface area contributed by atoms with Gasteiger partial charge in [0.05, 0.1) is 7.11 Å². The Labute approximate surface area is 96.4 Å². The normalized spacial score (nSPS) is 12.4. The van der Waals surface area contributed by atoms with Crippen LogP contribution in [0.1, 0.15) is 18.4 Å². The predicted octanol–water partition coefficient (Wildman–Crippen LogP) is 4.14. The Kier molecular flexibility index (Phi) is 2.95. The first kappa shape index (κ1) is 10.7. The highest BCUT2D eigenvalue weighted by molar-refractivity contribution is 5.84. The second-order valence-corrected chi connectivity index (χ2v) is 4.00. The van der Waals surface area contributed by atoms with Crippen LogP contribution in [0.25, 0.3) is 10.8 Å². The van der Waals surface area contributed by atoms with Crippen LogP contribution in [0.3, 0.4) is 0 Å². The molecule has 0 spiro atoms. The summed E-state index contributed by atoms with van der Waals surface area (Å²) in [6.45, 7) is 5.97. The number of rotatable bonds is 3. The molecule has 0 N–H and O–H groups in total. The van der Waals surface area contributed by atoms with E-state index in [-0.39, 0.29) is 0 Å². The molecule has 0 saturated carbocycles. The van der Waals surface area contributed by atoms with Gasteiger partial charge in [-0.05, 0) is 34.4 Å².